The van der Waals surface area contributed by atoms with E-state index in [1.165, 1.54) is 0 Å². The lowest BCUT2D eigenvalue weighted by molar-refractivity contribution is 0.359. The molecule has 0 aliphatic carbocycles. The Kier molecular flexibility index (Phi) is 3.74. The second-order valence-electron chi connectivity index (χ2n) is 5.41. The van der Waals surface area contributed by atoms with Gasteiger partial charge in [-0.3, -0.25) is 0 Å². The zero-order valence-electron chi connectivity index (χ0n) is 11.3. The molecule has 1 fully saturated rings. The average Bonchev–Trinajstić information content (AvgIpc) is 2.32. The van der Waals surface area contributed by atoms with Crippen molar-refractivity contribution in [2.45, 2.75) is 32.2 Å². The first kappa shape index (κ1) is 13.5. The van der Waals surface area contributed by atoms with Crippen molar-refractivity contribution in [1.82, 2.24) is 0 Å². The van der Waals surface area contributed by atoms with Gasteiger partial charge in [0, 0.05) is 29.7 Å². The van der Waals surface area contributed by atoms with Gasteiger partial charge < -0.3 is 15.4 Å². The van der Waals surface area contributed by atoms with Crippen molar-refractivity contribution in [3.05, 3.63) is 22.7 Å². The highest BCUT2D eigenvalue weighted by molar-refractivity contribution is 6.31. The predicted molar refractivity (Wildman–Crippen MR) is 76.8 cm³/mol. The van der Waals surface area contributed by atoms with Crippen LogP contribution in [-0.2, 0) is 0 Å². The maximum Gasteiger partial charge on any atom is 0.143 e. The largest absolute Gasteiger partial charge is 0.495 e. The van der Waals surface area contributed by atoms with Gasteiger partial charge in [0.05, 0.1) is 12.8 Å². The molecule has 0 radical (unpaired) electrons. The van der Waals surface area contributed by atoms with Crippen LogP contribution in [0.25, 0.3) is 0 Å². The Morgan fingerprint density at radius 3 is 2.50 bits per heavy atom. The molecule has 1 aliphatic rings. The lowest BCUT2D eigenvalue weighted by atomic mass is 9.90. The molecule has 1 aliphatic heterocycles. The SMILES string of the molecule is COc1cc(Cl)c(C)cc1N1CCC(C)(N)CC1. The molecule has 3 nitrogen and oxygen atoms in total. The quantitative estimate of drug-likeness (QED) is 0.896. The fourth-order valence-corrected chi connectivity index (χ4v) is 2.47. The second kappa shape index (κ2) is 4.98. The smallest absolute Gasteiger partial charge is 0.143 e. The first-order valence-electron chi connectivity index (χ1n) is 6.31. The molecule has 18 heavy (non-hydrogen) atoms. The topological polar surface area (TPSA) is 38.5 Å². The number of benzene rings is 1. The third kappa shape index (κ3) is 2.73. The highest BCUT2D eigenvalue weighted by Gasteiger charge is 2.27. The molecule has 1 heterocycles. The van der Waals surface area contributed by atoms with E-state index in [2.05, 4.69) is 17.9 Å². The Labute approximate surface area is 114 Å². The number of nitrogens with two attached hydrogens (primary N) is 1. The van der Waals surface area contributed by atoms with Gasteiger partial charge in [-0.05, 0) is 38.3 Å². The van der Waals surface area contributed by atoms with E-state index in [1.807, 2.05) is 13.0 Å². The third-order valence-electron chi connectivity index (χ3n) is 3.71. The molecule has 0 aromatic heterocycles. The van der Waals surface area contributed by atoms with E-state index in [0.717, 1.165) is 48.0 Å². The minimum Gasteiger partial charge on any atom is -0.495 e. The Bertz CT molecular complexity index is 436. The fraction of sp³-hybridized carbons (Fsp3) is 0.571. The van der Waals surface area contributed by atoms with Crippen LogP contribution in [-0.4, -0.2) is 25.7 Å². The zero-order valence-corrected chi connectivity index (χ0v) is 12.0. The van der Waals surface area contributed by atoms with E-state index in [4.69, 9.17) is 22.1 Å². The monoisotopic (exact) mass is 268 g/mol. The van der Waals surface area contributed by atoms with Gasteiger partial charge in [0.1, 0.15) is 5.75 Å². The number of halogens is 1. The lowest BCUT2D eigenvalue weighted by Gasteiger charge is -2.38. The van der Waals surface area contributed by atoms with Crippen LogP contribution in [0.1, 0.15) is 25.3 Å². The average molecular weight is 269 g/mol. The molecule has 0 bridgehead atoms. The van der Waals surface area contributed by atoms with Crippen molar-refractivity contribution in [3.8, 4) is 5.75 Å². The molecular formula is C14H21ClN2O. The Morgan fingerprint density at radius 2 is 1.94 bits per heavy atom. The molecule has 0 amide bonds. The number of rotatable bonds is 2. The lowest BCUT2D eigenvalue weighted by Crippen LogP contribution is -2.48. The summed E-state index contributed by atoms with van der Waals surface area (Å²) in [6, 6.07) is 3.99. The van der Waals surface area contributed by atoms with Crippen LogP contribution in [0.5, 0.6) is 5.75 Å². The van der Waals surface area contributed by atoms with Gasteiger partial charge in [-0.1, -0.05) is 11.6 Å². The van der Waals surface area contributed by atoms with Gasteiger partial charge in [0.2, 0.25) is 0 Å². The van der Waals surface area contributed by atoms with E-state index < -0.39 is 0 Å². The molecule has 0 unspecified atom stereocenters. The molecule has 0 spiro atoms. The molecule has 4 heteroatoms. The van der Waals surface area contributed by atoms with Gasteiger partial charge in [0.15, 0.2) is 0 Å². The summed E-state index contributed by atoms with van der Waals surface area (Å²) in [4.78, 5) is 2.33. The van der Waals surface area contributed by atoms with Crippen molar-refractivity contribution < 1.29 is 4.74 Å². The van der Waals surface area contributed by atoms with Crippen LogP contribution in [0, 0.1) is 6.92 Å². The van der Waals surface area contributed by atoms with Crippen LogP contribution < -0.4 is 15.4 Å². The Balaban J connectivity index is 2.26. The Morgan fingerprint density at radius 1 is 1.33 bits per heavy atom. The summed E-state index contributed by atoms with van der Waals surface area (Å²) < 4.78 is 5.43. The minimum atomic E-state index is -0.0365. The predicted octanol–water partition coefficient (Wildman–Crippen LogP) is 2.97. The maximum atomic E-state index is 6.16. The van der Waals surface area contributed by atoms with Crippen molar-refractivity contribution in [2.24, 2.45) is 5.73 Å². The van der Waals surface area contributed by atoms with E-state index in [-0.39, 0.29) is 5.54 Å². The third-order valence-corrected chi connectivity index (χ3v) is 4.11. The normalized spacial score (nSPS) is 18.8. The number of ether oxygens (including phenoxy) is 1. The van der Waals surface area contributed by atoms with Crippen LogP contribution in [0.2, 0.25) is 5.02 Å². The van der Waals surface area contributed by atoms with Crippen LogP contribution in [0.3, 0.4) is 0 Å². The van der Waals surface area contributed by atoms with Crippen molar-refractivity contribution in [3.63, 3.8) is 0 Å². The highest BCUT2D eigenvalue weighted by atomic mass is 35.5. The molecule has 0 saturated carbocycles. The van der Waals surface area contributed by atoms with Crippen molar-refractivity contribution in [2.75, 3.05) is 25.1 Å². The van der Waals surface area contributed by atoms with Crippen LogP contribution >= 0.6 is 11.6 Å². The molecule has 2 N–H and O–H groups in total. The molecule has 2 rings (SSSR count). The fourth-order valence-electron chi connectivity index (χ4n) is 2.32. The van der Waals surface area contributed by atoms with E-state index >= 15 is 0 Å². The van der Waals surface area contributed by atoms with Gasteiger partial charge in [-0.25, -0.2) is 0 Å². The summed E-state index contributed by atoms with van der Waals surface area (Å²) in [5, 5.41) is 0.747. The van der Waals surface area contributed by atoms with Gasteiger partial charge in [-0.15, -0.1) is 0 Å². The highest BCUT2D eigenvalue weighted by Crippen LogP contribution is 2.35. The summed E-state index contributed by atoms with van der Waals surface area (Å²) in [6.45, 7) is 6.06. The summed E-state index contributed by atoms with van der Waals surface area (Å²) in [5.74, 6) is 0.839. The summed E-state index contributed by atoms with van der Waals surface area (Å²) >= 11 is 6.13. The van der Waals surface area contributed by atoms with E-state index in [0.29, 0.717) is 0 Å². The second-order valence-corrected chi connectivity index (χ2v) is 5.82. The molecule has 100 valence electrons. The summed E-state index contributed by atoms with van der Waals surface area (Å²) in [5.41, 5.74) is 8.32. The number of hydrogen-bond acceptors (Lipinski definition) is 3. The number of aryl methyl sites for hydroxylation is 1. The zero-order chi connectivity index (χ0) is 13.3. The van der Waals surface area contributed by atoms with Crippen LogP contribution in [0.15, 0.2) is 12.1 Å². The standard InChI is InChI=1S/C14H21ClN2O/c1-10-8-12(13(18-3)9-11(10)15)17-6-4-14(2,16)5-7-17/h8-9H,4-7,16H2,1-3H3. The summed E-state index contributed by atoms with van der Waals surface area (Å²) in [7, 11) is 1.68. The van der Waals surface area contributed by atoms with E-state index in [9.17, 15) is 0 Å². The Hall–Kier alpha value is -0.930. The first-order valence-corrected chi connectivity index (χ1v) is 6.69. The van der Waals surface area contributed by atoms with Crippen molar-refractivity contribution >= 4 is 17.3 Å². The molecular weight excluding hydrogens is 248 g/mol. The number of methoxy groups -OCH3 is 1. The number of anilines is 1. The van der Waals surface area contributed by atoms with Gasteiger partial charge >= 0.3 is 0 Å². The minimum absolute atomic E-state index is 0.0365. The van der Waals surface area contributed by atoms with Crippen molar-refractivity contribution in [1.29, 1.82) is 0 Å². The van der Waals surface area contributed by atoms with Gasteiger partial charge in [-0.2, -0.15) is 0 Å². The van der Waals surface area contributed by atoms with Gasteiger partial charge in [0.25, 0.3) is 0 Å². The summed E-state index contributed by atoms with van der Waals surface area (Å²) in [6.07, 6.45) is 2.00. The molecule has 0 atom stereocenters. The maximum absolute atomic E-state index is 6.16. The first-order chi connectivity index (χ1) is 8.43. The molecule has 1 saturated heterocycles. The van der Waals surface area contributed by atoms with Crippen LogP contribution in [0.4, 0.5) is 5.69 Å². The van der Waals surface area contributed by atoms with E-state index in [1.54, 1.807) is 7.11 Å². The number of nitrogens with zero attached hydrogens (tertiary/aromatic N) is 1. The number of hydrogen-bond donors (Lipinski definition) is 1. The molecule has 1 aromatic rings. The number of piperidine rings is 1. The molecule has 1 aromatic carbocycles.